The predicted octanol–water partition coefficient (Wildman–Crippen LogP) is 3.11. The van der Waals surface area contributed by atoms with E-state index in [4.69, 9.17) is 10.5 Å². The van der Waals surface area contributed by atoms with Crippen LogP contribution in [0, 0.1) is 5.92 Å². The van der Waals surface area contributed by atoms with Gasteiger partial charge < -0.3 is 10.5 Å². The summed E-state index contributed by atoms with van der Waals surface area (Å²) >= 11 is 3.44. The highest BCUT2D eigenvalue weighted by molar-refractivity contribution is 9.10. The lowest BCUT2D eigenvalue weighted by molar-refractivity contribution is 0.411. The molecular formula is C11H16BrNO. The molecule has 0 amide bonds. The van der Waals surface area contributed by atoms with Gasteiger partial charge in [-0.05, 0) is 39.5 Å². The van der Waals surface area contributed by atoms with Crippen LogP contribution in [0.3, 0.4) is 0 Å². The van der Waals surface area contributed by atoms with E-state index in [2.05, 4.69) is 29.8 Å². The summed E-state index contributed by atoms with van der Waals surface area (Å²) < 4.78 is 6.10. The van der Waals surface area contributed by atoms with Gasteiger partial charge in [-0.3, -0.25) is 0 Å². The predicted molar refractivity (Wildman–Crippen MR) is 62.5 cm³/mol. The molecule has 0 radical (unpaired) electrons. The Hall–Kier alpha value is -0.540. The van der Waals surface area contributed by atoms with Gasteiger partial charge in [0.15, 0.2) is 0 Å². The zero-order valence-corrected chi connectivity index (χ0v) is 10.3. The Labute approximate surface area is 93.6 Å². The van der Waals surface area contributed by atoms with Crippen LogP contribution in [0.25, 0.3) is 0 Å². The average molecular weight is 258 g/mol. The maximum Gasteiger partial charge on any atom is 0.133 e. The summed E-state index contributed by atoms with van der Waals surface area (Å²) in [5.41, 5.74) is 7.17. The smallest absolute Gasteiger partial charge is 0.133 e. The third-order valence-electron chi connectivity index (χ3n) is 2.28. The molecule has 0 aliphatic heterocycles. The zero-order valence-electron chi connectivity index (χ0n) is 8.75. The zero-order chi connectivity index (χ0) is 10.7. The second-order valence-corrected chi connectivity index (χ2v) is 4.52. The molecule has 0 fully saturated rings. The molecule has 0 heterocycles. The lowest BCUT2D eigenvalue weighted by atomic mass is 9.97. The van der Waals surface area contributed by atoms with Crippen molar-refractivity contribution in [1.82, 2.24) is 0 Å². The van der Waals surface area contributed by atoms with E-state index in [-0.39, 0.29) is 6.04 Å². The van der Waals surface area contributed by atoms with Crippen molar-refractivity contribution in [3.63, 3.8) is 0 Å². The number of hydrogen-bond acceptors (Lipinski definition) is 2. The Morgan fingerprint density at radius 3 is 2.43 bits per heavy atom. The first-order chi connectivity index (χ1) is 6.56. The standard InChI is InChI=1S/C11H16BrNO/c1-7(2)11(13)8-4-5-10(14-3)9(12)6-8/h4-7,11H,13H2,1-3H3. The van der Waals surface area contributed by atoms with Gasteiger partial charge in [0.05, 0.1) is 11.6 Å². The number of halogens is 1. The molecule has 0 aliphatic carbocycles. The molecule has 1 aromatic carbocycles. The molecule has 3 heteroatoms. The van der Waals surface area contributed by atoms with Crippen LogP contribution in [0.15, 0.2) is 22.7 Å². The van der Waals surface area contributed by atoms with E-state index in [1.807, 2.05) is 18.2 Å². The minimum absolute atomic E-state index is 0.0807. The van der Waals surface area contributed by atoms with Crippen LogP contribution in [-0.2, 0) is 0 Å². The van der Waals surface area contributed by atoms with Crippen LogP contribution in [0.5, 0.6) is 5.75 Å². The maximum atomic E-state index is 6.04. The number of hydrogen-bond donors (Lipinski definition) is 1. The molecule has 0 spiro atoms. The van der Waals surface area contributed by atoms with Gasteiger partial charge in [0, 0.05) is 6.04 Å². The summed E-state index contributed by atoms with van der Waals surface area (Å²) in [5.74, 6) is 1.28. The third kappa shape index (κ3) is 2.49. The van der Waals surface area contributed by atoms with Crippen LogP contribution >= 0.6 is 15.9 Å². The first-order valence-electron chi connectivity index (χ1n) is 4.65. The largest absolute Gasteiger partial charge is 0.496 e. The van der Waals surface area contributed by atoms with Crippen LogP contribution < -0.4 is 10.5 Å². The van der Waals surface area contributed by atoms with Crippen molar-refractivity contribution in [3.05, 3.63) is 28.2 Å². The lowest BCUT2D eigenvalue weighted by Gasteiger charge is -2.16. The number of methoxy groups -OCH3 is 1. The lowest BCUT2D eigenvalue weighted by Crippen LogP contribution is -2.16. The maximum absolute atomic E-state index is 6.04. The Kier molecular flexibility index (Phi) is 3.96. The summed E-state index contributed by atoms with van der Waals surface area (Å²) in [6.45, 7) is 4.23. The van der Waals surface area contributed by atoms with Crippen molar-refractivity contribution in [1.29, 1.82) is 0 Å². The Balaban J connectivity index is 2.96. The molecular weight excluding hydrogens is 242 g/mol. The molecule has 0 bridgehead atoms. The Bertz CT molecular complexity index is 312. The minimum Gasteiger partial charge on any atom is -0.496 e. The molecule has 1 atom stereocenters. The van der Waals surface area contributed by atoms with Crippen LogP contribution in [0.1, 0.15) is 25.5 Å². The summed E-state index contributed by atoms with van der Waals surface area (Å²) in [4.78, 5) is 0. The monoisotopic (exact) mass is 257 g/mol. The molecule has 1 aromatic rings. The van der Waals surface area contributed by atoms with Crippen molar-refractivity contribution < 1.29 is 4.74 Å². The van der Waals surface area contributed by atoms with Crippen LogP contribution in [0.2, 0.25) is 0 Å². The van der Waals surface area contributed by atoms with Gasteiger partial charge in [0.25, 0.3) is 0 Å². The van der Waals surface area contributed by atoms with E-state index < -0.39 is 0 Å². The quantitative estimate of drug-likeness (QED) is 0.904. The fourth-order valence-corrected chi connectivity index (χ4v) is 1.83. The second-order valence-electron chi connectivity index (χ2n) is 3.66. The van der Waals surface area contributed by atoms with Gasteiger partial charge in [0.2, 0.25) is 0 Å². The number of ether oxygens (including phenoxy) is 1. The Morgan fingerprint density at radius 2 is 2.00 bits per heavy atom. The van der Waals surface area contributed by atoms with Crippen molar-refractivity contribution in [2.24, 2.45) is 11.7 Å². The summed E-state index contributed by atoms with van der Waals surface area (Å²) in [5, 5.41) is 0. The summed E-state index contributed by atoms with van der Waals surface area (Å²) in [6, 6.07) is 6.04. The summed E-state index contributed by atoms with van der Waals surface area (Å²) in [7, 11) is 1.65. The molecule has 0 saturated carbocycles. The number of nitrogens with two attached hydrogens (primary N) is 1. The first kappa shape index (κ1) is 11.5. The highest BCUT2D eigenvalue weighted by atomic mass is 79.9. The fraction of sp³-hybridized carbons (Fsp3) is 0.455. The van der Waals surface area contributed by atoms with Crippen molar-refractivity contribution in [2.75, 3.05) is 7.11 Å². The minimum atomic E-state index is 0.0807. The van der Waals surface area contributed by atoms with E-state index in [0.29, 0.717) is 5.92 Å². The molecule has 14 heavy (non-hydrogen) atoms. The van der Waals surface area contributed by atoms with Crippen molar-refractivity contribution in [2.45, 2.75) is 19.9 Å². The first-order valence-corrected chi connectivity index (χ1v) is 5.44. The molecule has 1 unspecified atom stereocenters. The molecule has 78 valence electrons. The van der Waals surface area contributed by atoms with Gasteiger partial charge in [-0.25, -0.2) is 0 Å². The van der Waals surface area contributed by atoms with Crippen molar-refractivity contribution >= 4 is 15.9 Å². The molecule has 1 rings (SSSR count). The third-order valence-corrected chi connectivity index (χ3v) is 2.90. The normalized spacial score (nSPS) is 13.0. The Morgan fingerprint density at radius 1 is 1.36 bits per heavy atom. The fourth-order valence-electron chi connectivity index (χ4n) is 1.27. The van der Waals surface area contributed by atoms with Crippen LogP contribution in [0.4, 0.5) is 0 Å². The van der Waals surface area contributed by atoms with Gasteiger partial charge in [0.1, 0.15) is 5.75 Å². The van der Waals surface area contributed by atoms with E-state index in [9.17, 15) is 0 Å². The number of benzene rings is 1. The highest BCUT2D eigenvalue weighted by Crippen LogP contribution is 2.29. The van der Waals surface area contributed by atoms with E-state index in [1.165, 1.54) is 0 Å². The molecule has 0 aliphatic rings. The van der Waals surface area contributed by atoms with E-state index >= 15 is 0 Å². The highest BCUT2D eigenvalue weighted by Gasteiger charge is 2.11. The average Bonchev–Trinajstić information content (AvgIpc) is 2.16. The van der Waals surface area contributed by atoms with E-state index in [1.54, 1.807) is 7.11 Å². The van der Waals surface area contributed by atoms with Gasteiger partial charge >= 0.3 is 0 Å². The topological polar surface area (TPSA) is 35.2 Å². The SMILES string of the molecule is COc1ccc(C(N)C(C)C)cc1Br. The molecule has 2 nitrogen and oxygen atoms in total. The molecule has 0 saturated heterocycles. The molecule has 2 N–H and O–H groups in total. The number of rotatable bonds is 3. The summed E-state index contributed by atoms with van der Waals surface area (Å²) in [6.07, 6.45) is 0. The van der Waals surface area contributed by atoms with Gasteiger partial charge in [-0.2, -0.15) is 0 Å². The van der Waals surface area contributed by atoms with E-state index in [0.717, 1.165) is 15.8 Å². The van der Waals surface area contributed by atoms with Gasteiger partial charge in [-0.1, -0.05) is 19.9 Å². The second kappa shape index (κ2) is 4.80. The van der Waals surface area contributed by atoms with Crippen molar-refractivity contribution in [3.8, 4) is 5.75 Å². The molecule has 0 aromatic heterocycles. The van der Waals surface area contributed by atoms with Crippen LogP contribution in [-0.4, -0.2) is 7.11 Å². The van der Waals surface area contributed by atoms with Gasteiger partial charge in [-0.15, -0.1) is 0 Å².